The van der Waals surface area contributed by atoms with E-state index in [0.717, 1.165) is 6.42 Å². The quantitative estimate of drug-likeness (QED) is 0.811. The molecule has 5 nitrogen and oxygen atoms in total. The van der Waals surface area contributed by atoms with Crippen LogP contribution in [0.1, 0.15) is 33.6 Å². The number of hydrogen-bond donors (Lipinski definition) is 1. The molecule has 2 N–H and O–H groups in total. The molecule has 0 aromatic heterocycles. The molecule has 1 saturated heterocycles. The average Bonchev–Trinajstić information content (AvgIpc) is 2.30. The van der Waals surface area contributed by atoms with Crippen molar-refractivity contribution in [1.29, 1.82) is 0 Å². The molecule has 1 aliphatic rings. The van der Waals surface area contributed by atoms with Gasteiger partial charge in [0.2, 0.25) is 0 Å². The number of nitrogens with two attached hydrogens (primary N) is 1. The Morgan fingerprint density at radius 2 is 1.94 bits per heavy atom. The van der Waals surface area contributed by atoms with Crippen LogP contribution in [-0.4, -0.2) is 49.8 Å². The summed E-state index contributed by atoms with van der Waals surface area (Å²) < 4.78 is 28.1. The zero-order chi connectivity index (χ0) is 13.9. The van der Waals surface area contributed by atoms with Crippen LogP contribution in [0, 0.1) is 11.8 Å². The highest BCUT2D eigenvalue weighted by Gasteiger charge is 2.38. The van der Waals surface area contributed by atoms with Crippen molar-refractivity contribution in [3.63, 3.8) is 0 Å². The fourth-order valence-electron chi connectivity index (χ4n) is 2.58. The molecule has 0 spiro atoms. The average molecular weight is 277 g/mol. The summed E-state index contributed by atoms with van der Waals surface area (Å²) in [6, 6.07) is 0.0755. The van der Waals surface area contributed by atoms with Gasteiger partial charge in [0.1, 0.15) is 0 Å². The van der Waals surface area contributed by atoms with Crippen molar-refractivity contribution in [2.45, 2.75) is 39.7 Å². The molecule has 0 aromatic rings. The Bertz CT molecular complexity index is 358. The molecular formula is C12H27N3O2S. The van der Waals surface area contributed by atoms with Gasteiger partial charge in [0.25, 0.3) is 10.2 Å². The van der Waals surface area contributed by atoms with E-state index in [4.69, 9.17) is 5.73 Å². The Kier molecular flexibility index (Phi) is 5.58. The maximum atomic E-state index is 12.5. The molecule has 1 fully saturated rings. The Morgan fingerprint density at radius 3 is 2.50 bits per heavy atom. The lowest BCUT2D eigenvalue weighted by Crippen LogP contribution is -2.53. The summed E-state index contributed by atoms with van der Waals surface area (Å²) in [7, 11) is -1.70. The van der Waals surface area contributed by atoms with E-state index in [1.54, 1.807) is 11.4 Å². The Hall–Kier alpha value is -0.170. The van der Waals surface area contributed by atoms with Gasteiger partial charge in [-0.1, -0.05) is 13.8 Å². The van der Waals surface area contributed by atoms with Crippen molar-refractivity contribution in [3.8, 4) is 0 Å². The number of nitrogens with zero attached hydrogens (tertiary/aromatic N) is 2. The van der Waals surface area contributed by atoms with E-state index in [2.05, 4.69) is 13.8 Å². The highest BCUT2D eigenvalue weighted by atomic mass is 32.2. The van der Waals surface area contributed by atoms with Crippen LogP contribution >= 0.6 is 0 Å². The van der Waals surface area contributed by atoms with Crippen LogP contribution in [0.15, 0.2) is 0 Å². The highest BCUT2D eigenvalue weighted by molar-refractivity contribution is 7.86. The monoisotopic (exact) mass is 277 g/mol. The number of rotatable bonds is 5. The lowest BCUT2D eigenvalue weighted by Gasteiger charge is -2.41. The lowest BCUT2D eigenvalue weighted by atomic mass is 9.88. The van der Waals surface area contributed by atoms with Gasteiger partial charge in [0.15, 0.2) is 0 Å². The zero-order valence-electron chi connectivity index (χ0n) is 12.0. The first kappa shape index (κ1) is 15.9. The summed E-state index contributed by atoms with van der Waals surface area (Å²) in [4.78, 5) is 0. The molecule has 3 unspecified atom stereocenters. The van der Waals surface area contributed by atoms with Crippen LogP contribution in [0.2, 0.25) is 0 Å². The molecule has 0 radical (unpaired) electrons. The van der Waals surface area contributed by atoms with Crippen molar-refractivity contribution < 1.29 is 8.42 Å². The zero-order valence-corrected chi connectivity index (χ0v) is 12.8. The number of piperidine rings is 1. The molecule has 108 valence electrons. The topological polar surface area (TPSA) is 66.6 Å². The molecular weight excluding hydrogens is 250 g/mol. The van der Waals surface area contributed by atoms with E-state index in [0.29, 0.717) is 37.9 Å². The third-order valence-corrected chi connectivity index (χ3v) is 5.96. The normalized spacial score (nSPS) is 30.9. The summed E-state index contributed by atoms with van der Waals surface area (Å²) in [5, 5.41) is 0. The highest BCUT2D eigenvalue weighted by Crippen LogP contribution is 2.29. The number of hydrogen-bond acceptors (Lipinski definition) is 3. The minimum Gasteiger partial charge on any atom is -0.330 e. The summed E-state index contributed by atoms with van der Waals surface area (Å²) in [6.45, 7) is 7.88. The van der Waals surface area contributed by atoms with Crippen molar-refractivity contribution in [2.75, 3.05) is 26.7 Å². The van der Waals surface area contributed by atoms with Crippen LogP contribution in [0.4, 0.5) is 0 Å². The van der Waals surface area contributed by atoms with Crippen LogP contribution in [-0.2, 0) is 10.2 Å². The first-order chi connectivity index (χ1) is 8.30. The summed E-state index contributed by atoms with van der Waals surface area (Å²) >= 11 is 0. The fraction of sp³-hybridized carbons (Fsp3) is 1.00. The molecule has 1 aliphatic heterocycles. The molecule has 1 heterocycles. The summed E-state index contributed by atoms with van der Waals surface area (Å²) in [5.74, 6) is 0.834. The van der Waals surface area contributed by atoms with Crippen LogP contribution < -0.4 is 5.73 Å². The van der Waals surface area contributed by atoms with E-state index >= 15 is 0 Å². The fourth-order valence-corrected chi connectivity index (χ4v) is 4.36. The van der Waals surface area contributed by atoms with Gasteiger partial charge in [-0.2, -0.15) is 17.0 Å². The Balaban J connectivity index is 2.82. The van der Waals surface area contributed by atoms with Crippen molar-refractivity contribution >= 4 is 10.2 Å². The van der Waals surface area contributed by atoms with Crippen LogP contribution in [0.25, 0.3) is 0 Å². The Morgan fingerprint density at radius 1 is 1.33 bits per heavy atom. The van der Waals surface area contributed by atoms with Gasteiger partial charge in [-0.3, -0.25) is 0 Å². The van der Waals surface area contributed by atoms with E-state index in [1.807, 2.05) is 6.92 Å². The van der Waals surface area contributed by atoms with E-state index in [-0.39, 0.29) is 6.04 Å². The molecule has 3 atom stereocenters. The smallest absolute Gasteiger partial charge is 0.281 e. The molecule has 0 bridgehead atoms. The predicted molar refractivity (Wildman–Crippen MR) is 74.3 cm³/mol. The SMILES string of the molecule is CC1CC(C)C(C)N(S(=O)(=O)N(C)CCCN)C1. The molecule has 0 aliphatic carbocycles. The molecule has 0 aromatic carbocycles. The van der Waals surface area contributed by atoms with Gasteiger partial charge < -0.3 is 5.73 Å². The van der Waals surface area contributed by atoms with Crippen molar-refractivity contribution in [3.05, 3.63) is 0 Å². The first-order valence-electron chi connectivity index (χ1n) is 6.73. The third-order valence-electron chi connectivity index (χ3n) is 3.91. The maximum absolute atomic E-state index is 12.5. The van der Waals surface area contributed by atoms with Gasteiger partial charge >= 0.3 is 0 Å². The van der Waals surface area contributed by atoms with Gasteiger partial charge in [-0.15, -0.1) is 0 Å². The molecule has 0 saturated carbocycles. The standard InChI is InChI=1S/C12H27N3O2S/c1-10-8-11(2)12(3)15(9-10)18(16,17)14(4)7-5-6-13/h10-12H,5-9,13H2,1-4H3. The van der Waals surface area contributed by atoms with Crippen LogP contribution in [0.3, 0.4) is 0 Å². The van der Waals surface area contributed by atoms with Gasteiger partial charge in [-0.25, -0.2) is 0 Å². The minimum atomic E-state index is -3.34. The van der Waals surface area contributed by atoms with E-state index in [9.17, 15) is 8.42 Å². The largest absolute Gasteiger partial charge is 0.330 e. The van der Waals surface area contributed by atoms with Gasteiger partial charge in [-0.05, 0) is 38.1 Å². The molecule has 6 heteroatoms. The van der Waals surface area contributed by atoms with Crippen molar-refractivity contribution in [2.24, 2.45) is 17.6 Å². The third kappa shape index (κ3) is 3.44. The second-order valence-electron chi connectivity index (χ2n) is 5.60. The summed E-state index contributed by atoms with van der Waals surface area (Å²) in [5.41, 5.74) is 5.43. The van der Waals surface area contributed by atoms with Gasteiger partial charge in [0.05, 0.1) is 0 Å². The van der Waals surface area contributed by atoms with Crippen LogP contribution in [0.5, 0.6) is 0 Å². The lowest BCUT2D eigenvalue weighted by molar-refractivity contribution is 0.149. The molecule has 1 rings (SSSR count). The molecule has 18 heavy (non-hydrogen) atoms. The first-order valence-corrected chi connectivity index (χ1v) is 8.13. The second kappa shape index (κ2) is 6.32. The van der Waals surface area contributed by atoms with Gasteiger partial charge in [0, 0.05) is 26.2 Å². The van der Waals surface area contributed by atoms with E-state index < -0.39 is 10.2 Å². The second-order valence-corrected chi connectivity index (χ2v) is 7.59. The van der Waals surface area contributed by atoms with E-state index in [1.165, 1.54) is 4.31 Å². The van der Waals surface area contributed by atoms with Crippen molar-refractivity contribution in [1.82, 2.24) is 8.61 Å². The minimum absolute atomic E-state index is 0.0755. The molecule has 0 amide bonds. The predicted octanol–water partition coefficient (Wildman–Crippen LogP) is 0.878. The summed E-state index contributed by atoms with van der Waals surface area (Å²) in [6.07, 6.45) is 1.79. The Labute approximate surface area is 112 Å². The maximum Gasteiger partial charge on any atom is 0.281 e.